The van der Waals surface area contributed by atoms with Crippen LogP contribution in [0.3, 0.4) is 0 Å². The maximum Gasteiger partial charge on any atom is 0.165 e. The van der Waals surface area contributed by atoms with Crippen molar-refractivity contribution in [2.45, 2.75) is 26.3 Å². The quantitative estimate of drug-likeness (QED) is 0.943. The maximum absolute atomic E-state index is 4.24. The summed E-state index contributed by atoms with van der Waals surface area (Å²) >= 11 is 2.04. The first-order valence-electron chi connectivity index (χ1n) is 7.35. The second-order valence-electron chi connectivity index (χ2n) is 6.32. The average molecular weight is 302 g/mol. The molecule has 1 aliphatic rings. The summed E-state index contributed by atoms with van der Waals surface area (Å²) in [5, 5.41) is 12.0. The monoisotopic (exact) mass is 302 g/mol. The lowest BCUT2D eigenvalue weighted by Crippen LogP contribution is -2.41. The van der Waals surface area contributed by atoms with Gasteiger partial charge in [0.1, 0.15) is 6.33 Å². The Morgan fingerprint density at radius 2 is 2.14 bits per heavy atom. The number of hydrogen-bond donors (Lipinski definition) is 1. The van der Waals surface area contributed by atoms with Gasteiger partial charge in [0.25, 0.3) is 0 Å². The SMILES string of the molecule is Cn1cnnc1-c1ccccc1NC1CSCCC1(C)C. The highest BCUT2D eigenvalue weighted by molar-refractivity contribution is 7.99. The number of rotatable bonds is 3. The maximum atomic E-state index is 4.24. The topological polar surface area (TPSA) is 42.7 Å². The number of aryl methyl sites for hydroxylation is 1. The average Bonchev–Trinajstić information content (AvgIpc) is 2.88. The molecule has 2 aromatic rings. The van der Waals surface area contributed by atoms with Gasteiger partial charge in [0.2, 0.25) is 0 Å². The van der Waals surface area contributed by atoms with Crippen LogP contribution in [0.2, 0.25) is 0 Å². The van der Waals surface area contributed by atoms with Crippen molar-refractivity contribution >= 4 is 17.4 Å². The van der Waals surface area contributed by atoms with E-state index in [0.717, 1.165) is 22.8 Å². The van der Waals surface area contributed by atoms with E-state index in [1.165, 1.54) is 12.2 Å². The van der Waals surface area contributed by atoms with E-state index in [9.17, 15) is 0 Å². The van der Waals surface area contributed by atoms with Gasteiger partial charge >= 0.3 is 0 Å². The van der Waals surface area contributed by atoms with Crippen LogP contribution in [0, 0.1) is 5.41 Å². The van der Waals surface area contributed by atoms with E-state index >= 15 is 0 Å². The highest BCUT2D eigenvalue weighted by Crippen LogP contribution is 2.37. The van der Waals surface area contributed by atoms with E-state index in [-0.39, 0.29) is 0 Å². The Morgan fingerprint density at radius 3 is 2.86 bits per heavy atom. The Kier molecular flexibility index (Phi) is 3.93. The van der Waals surface area contributed by atoms with Gasteiger partial charge in [-0.3, -0.25) is 0 Å². The van der Waals surface area contributed by atoms with Crippen LogP contribution in [0.15, 0.2) is 30.6 Å². The van der Waals surface area contributed by atoms with Gasteiger partial charge in [-0.15, -0.1) is 10.2 Å². The Morgan fingerprint density at radius 1 is 1.33 bits per heavy atom. The zero-order chi connectivity index (χ0) is 14.9. The molecule has 0 aliphatic carbocycles. The molecule has 0 amide bonds. The van der Waals surface area contributed by atoms with Crippen LogP contribution >= 0.6 is 11.8 Å². The fourth-order valence-electron chi connectivity index (χ4n) is 2.69. The van der Waals surface area contributed by atoms with Gasteiger partial charge < -0.3 is 9.88 Å². The lowest BCUT2D eigenvalue weighted by atomic mass is 9.82. The van der Waals surface area contributed by atoms with Crippen molar-refractivity contribution in [1.29, 1.82) is 0 Å². The summed E-state index contributed by atoms with van der Waals surface area (Å²) in [4.78, 5) is 0. The number of para-hydroxylation sites is 1. The van der Waals surface area contributed by atoms with Gasteiger partial charge in [-0.25, -0.2) is 0 Å². The minimum Gasteiger partial charge on any atom is -0.380 e. The highest BCUT2D eigenvalue weighted by atomic mass is 32.2. The molecule has 1 aliphatic heterocycles. The molecular formula is C16H22N4S. The van der Waals surface area contributed by atoms with Crippen LogP contribution in [-0.4, -0.2) is 32.3 Å². The van der Waals surface area contributed by atoms with Crippen molar-refractivity contribution in [2.24, 2.45) is 12.5 Å². The highest BCUT2D eigenvalue weighted by Gasteiger charge is 2.33. The summed E-state index contributed by atoms with van der Waals surface area (Å²) in [6.07, 6.45) is 2.99. The molecule has 3 rings (SSSR count). The van der Waals surface area contributed by atoms with E-state index < -0.39 is 0 Å². The number of benzene rings is 1. The van der Waals surface area contributed by atoms with Crippen molar-refractivity contribution < 1.29 is 0 Å². The molecule has 0 saturated carbocycles. The first kappa shape index (κ1) is 14.4. The lowest BCUT2D eigenvalue weighted by molar-refractivity contribution is 0.305. The summed E-state index contributed by atoms with van der Waals surface area (Å²) in [6, 6.07) is 8.85. The Bertz CT molecular complexity index is 620. The van der Waals surface area contributed by atoms with Crippen molar-refractivity contribution in [3.63, 3.8) is 0 Å². The molecule has 1 N–H and O–H groups in total. The molecule has 1 aromatic carbocycles. The summed E-state index contributed by atoms with van der Waals surface area (Å²) < 4.78 is 1.96. The predicted octanol–water partition coefficient (Wildman–Crippen LogP) is 3.43. The normalized spacial score (nSPS) is 21.2. The lowest BCUT2D eigenvalue weighted by Gasteiger charge is -2.39. The molecule has 1 unspecified atom stereocenters. The molecule has 1 aromatic heterocycles. The zero-order valence-electron chi connectivity index (χ0n) is 12.8. The minimum atomic E-state index is 0.318. The molecule has 0 radical (unpaired) electrons. The predicted molar refractivity (Wildman–Crippen MR) is 89.6 cm³/mol. The number of hydrogen-bond acceptors (Lipinski definition) is 4. The van der Waals surface area contributed by atoms with Crippen molar-refractivity contribution in [3.05, 3.63) is 30.6 Å². The smallest absolute Gasteiger partial charge is 0.165 e. The zero-order valence-corrected chi connectivity index (χ0v) is 13.7. The third kappa shape index (κ3) is 2.93. The number of thioether (sulfide) groups is 1. The second-order valence-corrected chi connectivity index (χ2v) is 7.47. The van der Waals surface area contributed by atoms with E-state index in [4.69, 9.17) is 0 Å². The number of nitrogens with zero attached hydrogens (tertiary/aromatic N) is 3. The number of nitrogens with one attached hydrogen (secondary N) is 1. The largest absolute Gasteiger partial charge is 0.380 e. The summed E-state index contributed by atoms with van der Waals surface area (Å²) in [7, 11) is 1.98. The molecular weight excluding hydrogens is 280 g/mol. The van der Waals surface area contributed by atoms with Crippen LogP contribution in [-0.2, 0) is 7.05 Å². The van der Waals surface area contributed by atoms with Crippen LogP contribution in [0.25, 0.3) is 11.4 Å². The second kappa shape index (κ2) is 5.72. The molecule has 1 fully saturated rings. The third-order valence-electron chi connectivity index (χ3n) is 4.33. The van der Waals surface area contributed by atoms with E-state index in [1.807, 2.05) is 23.4 Å². The van der Waals surface area contributed by atoms with E-state index in [2.05, 4.69) is 53.6 Å². The van der Waals surface area contributed by atoms with Crippen LogP contribution < -0.4 is 5.32 Å². The minimum absolute atomic E-state index is 0.318. The molecule has 1 atom stereocenters. The Balaban J connectivity index is 1.91. The van der Waals surface area contributed by atoms with Gasteiger partial charge in [-0.05, 0) is 29.7 Å². The molecule has 4 nitrogen and oxygen atoms in total. The number of aromatic nitrogens is 3. The van der Waals surface area contributed by atoms with Crippen LogP contribution in [0.5, 0.6) is 0 Å². The fraction of sp³-hybridized carbons (Fsp3) is 0.500. The molecule has 21 heavy (non-hydrogen) atoms. The van der Waals surface area contributed by atoms with E-state index in [1.54, 1.807) is 6.33 Å². The first-order valence-corrected chi connectivity index (χ1v) is 8.51. The van der Waals surface area contributed by atoms with Crippen LogP contribution in [0.4, 0.5) is 5.69 Å². The molecule has 5 heteroatoms. The van der Waals surface area contributed by atoms with Crippen molar-refractivity contribution in [1.82, 2.24) is 14.8 Å². The summed E-state index contributed by atoms with van der Waals surface area (Å²) in [5.41, 5.74) is 2.58. The van der Waals surface area contributed by atoms with Crippen molar-refractivity contribution in [2.75, 3.05) is 16.8 Å². The molecule has 0 bridgehead atoms. The molecule has 112 valence electrons. The van der Waals surface area contributed by atoms with Gasteiger partial charge in [-0.1, -0.05) is 26.0 Å². The van der Waals surface area contributed by atoms with Gasteiger partial charge in [0, 0.05) is 30.1 Å². The standard InChI is InChI=1S/C16H22N4S/c1-16(2)8-9-21-10-14(16)18-13-7-5-4-6-12(13)15-19-17-11-20(15)3/h4-7,11,14,18H,8-10H2,1-3H3. The third-order valence-corrected chi connectivity index (χ3v) is 5.39. The molecule has 1 saturated heterocycles. The van der Waals surface area contributed by atoms with E-state index in [0.29, 0.717) is 11.5 Å². The Hall–Kier alpha value is -1.49. The van der Waals surface area contributed by atoms with Crippen LogP contribution in [0.1, 0.15) is 20.3 Å². The first-order chi connectivity index (χ1) is 10.1. The number of anilines is 1. The molecule has 0 spiro atoms. The molecule has 2 heterocycles. The summed E-state index contributed by atoms with van der Waals surface area (Å²) in [6.45, 7) is 4.71. The fourth-order valence-corrected chi connectivity index (χ4v) is 4.30. The Labute approximate surface area is 130 Å². The summed E-state index contributed by atoms with van der Waals surface area (Å²) in [5.74, 6) is 3.32. The van der Waals surface area contributed by atoms with Gasteiger partial charge in [0.15, 0.2) is 5.82 Å². The van der Waals surface area contributed by atoms with Gasteiger partial charge in [0.05, 0.1) is 0 Å². The van der Waals surface area contributed by atoms with Crippen molar-refractivity contribution in [3.8, 4) is 11.4 Å². The van der Waals surface area contributed by atoms with Gasteiger partial charge in [-0.2, -0.15) is 11.8 Å².